The van der Waals surface area contributed by atoms with E-state index in [9.17, 15) is 14.4 Å². The summed E-state index contributed by atoms with van der Waals surface area (Å²) in [5, 5.41) is 0. The summed E-state index contributed by atoms with van der Waals surface area (Å²) in [6, 6.07) is -0.712. The lowest BCUT2D eigenvalue weighted by Crippen LogP contribution is -2.38. The normalized spacial score (nSPS) is 13.2. The van der Waals surface area contributed by atoms with E-state index in [2.05, 4.69) is 15.0 Å². The maximum absolute atomic E-state index is 12.2. The van der Waals surface area contributed by atoms with Crippen LogP contribution >= 0.6 is 0 Å². The second-order valence-electron chi connectivity index (χ2n) is 8.16. The summed E-state index contributed by atoms with van der Waals surface area (Å²) in [5.41, 5.74) is 12.7. The highest BCUT2D eigenvalue weighted by molar-refractivity contribution is 5.76. The molecule has 0 fully saturated rings. The van der Waals surface area contributed by atoms with Crippen LogP contribution in [0.4, 0.5) is 5.95 Å². The quantitative estimate of drug-likeness (QED) is 0.426. The molecule has 2 aromatic heterocycles. The van der Waals surface area contributed by atoms with Gasteiger partial charge in [0.05, 0.1) is 25.7 Å². The van der Waals surface area contributed by atoms with Crippen LogP contribution in [-0.2, 0) is 30.4 Å². The van der Waals surface area contributed by atoms with Crippen molar-refractivity contribution in [3.63, 3.8) is 0 Å². The molecule has 0 aliphatic carbocycles. The molecule has 0 unspecified atom stereocenters. The Morgan fingerprint density at radius 3 is 2.59 bits per heavy atom. The van der Waals surface area contributed by atoms with Crippen molar-refractivity contribution in [2.45, 2.75) is 59.0 Å². The van der Waals surface area contributed by atoms with Gasteiger partial charge in [0.25, 0.3) is 0 Å². The number of nitrogens with zero attached hydrogens (tertiary/aromatic N) is 4. The number of ketones is 1. The number of rotatable bonds is 13. The highest BCUT2D eigenvalue weighted by atomic mass is 16.5. The fourth-order valence-electron chi connectivity index (χ4n) is 2.97. The summed E-state index contributed by atoms with van der Waals surface area (Å²) < 4.78 is 12.5. The lowest BCUT2D eigenvalue weighted by Gasteiger charge is -2.20. The van der Waals surface area contributed by atoms with Gasteiger partial charge in [0.15, 0.2) is 5.65 Å². The standard InChI is InChI=1S/C21H32N6O5/c1-13(2)18(22)20(30)32-11-15(7-8-31-17(29)6-4-5-14(3)28)10-27-12-25-16-9-24-21(23)26-19(16)27/h9,12-13,15,18H,4-8,10-11,22H2,1-3H3,(H2,23,24,26)/t15-,18+/m1/s1. The number of aromatic nitrogens is 4. The van der Waals surface area contributed by atoms with Gasteiger partial charge in [-0.3, -0.25) is 9.59 Å². The second-order valence-corrected chi connectivity index (χ2v) is 8.16. The maximum Gasteiger partial charge on any atom is 0.323 e. The second kappa shape index (κ2) is 12.1. The van der Waals surface area contributed by atoms with E-state index in [4.69, 9.17) is 20.9 Å². The maximum atomic E-state index is 12.2. The van der Waals surface area contributed by atoms with Gasteiger partial charge in [0.2, 0.25) is 5.95 Å². The number of fused-ring (bicyclic) bond motifs is 1. The lowest BCUT2D eigenvalue weighted by molar-refractivity contribution is -0.149. The number of anilines is 1. The van der Waals surface area contributed by atoms with Crippen LogP contribution in [0.1, 0.15) is 46.5 Å². The average molecular weight is 449 g/mol. The smallest absolute Gasteiger partial charge is 0.323 e. The monoisotopic (exact) mass is 448 g/mol. The summed E-state index contributed by atoms with van der Waals surface area (Å²) in [4.78, 5) is 47.5. The van der Waals surface area contributed by atoms with Gasteiger partial charge in [0, 0.05) is 25.3 Å². The van der Waals surface area contributed by atoms with Gasteiger partial charge in [-0.25, -0.2) is 9.97 Å². The first-order valence-electron chi connectivity index (χ1n) is 10.7. The third-order valence-electron chi connectivity index (χ3n) is 4.98. The number of hydrogen-bond acceptors (Lipinski definition) is 10. The van der Waals surface area contributed by atoms with Crippen LogP contribution in [0.5, 0.6) is 0 Å². The van der Waals surface area contributed by atoms with Crippen molar-refractivity contribution in [1.29, 1.82) is 0 Å². The predicted molar refractivity (Wildman–Crippen MR) is 117 cm³/mol. The van der Waals surface area contributed by atoms with Crippen LogP contribution in [0, 0.1) is 11.8 Å². The van der Waals surface area contributed by atoms with Gasteiger partial charge in [-0.05, 0) is 25.7 Å². The molecule has 2 rings (SSSR count). The Balaban J connectivity index is 1.99. The fourth-order valence-corrected chi connectivity index (χ4v) is 2.97. The number of Topliss-reactive ketones (excluding diaryl/α,β-unsaturated/α-hetero) is 1. The minimum absolute atomic E-state index is 0.0382. The molecule has 0 saturated heterocycles. The molecule has 0 aromatic carbocycles. The molecular formula is C21H32N6O5. The van der Waals surface area contributed by atoms with Crippen molar-refractivity contribution >= 4 is 34.8 Å². The fraction of sp³-hybridized carbons (Fsp3) is 0.619. The van der Waals surface area contributed by atoms with Crippen LogP contribution in [0.3, 0.4) is 0 Å². The van der Waals surface area contributed by atoms with Gasteiger partial charge >= 0.3 is 11.9 Å². The number of ether oxygens (including phenoxy) is 2. The molecule has 0 aliphatic rings. The van der Waals surface area contributed by atoms with Crippen LogP contribution in [0.15, 0.2) is 12.5 Å². The van der Waals surface area contributed by atoms with Gasteiger partial charge in [-0.1, -0.05) is 13.8 Å². The molecule has 2 atom stereocenters. The molecular weight excluding hydrogens is 416 g/mol. The molecule has 0 amide bonds. The number of nitrogen functional groups attached to an aromatic ring is 1. The summed E-state index contributed by atoms with van der Waals surface area (Å²) in [7, 11) is 0. The zero-order valence-corrected chi connectivity index (χ0v) is 18.8. The summed E-state index contributed by atoms with van der Waals surface area (Å²) in [6.07, 6.45) is 4.59. The summed E-state index contributed by atoms with van der Waals surface area (Å²) in [5.74, 6) is -0.905. The van der Waals surface area contributed by atoms with Crippen LogP contribution in [0.25, 0.3) is 11.2 Å². The van der Waals surface area contributed by atoms with Gasteiger partial charge in [-0.2, -0.15) is 4.98 Å². The topological polar surface area (TPSA) is 165 Å². The Bertz CT molecular complexity index is 929. The highest BCUT2D eigenvalue weighted by Gasteiger charge is 2.22. The Morgan fingerprint density at radius 1 is 1.16 bits per heavy atom. The third-order valence-corrected chi connectivity index (χ3v) is 4.98. The first-order chi connectivity index (χ1) is 15.2. The molecule has 4 N–H and O–H groups in total. The van der Waals surface area contributed by atoms with Gasteiger partial charge in [-0.15, -0.1) is 0 Å². The van der Waals surface area contributed by atoms with E-state index in [1.54, 1.807) is 10.9 Å². The summed E-state index contributed by atoms with van der Waals surface area (Å²) in [6.45, 7) is 5.84. The Hall–Kier alpha value is -3.08. The van der Waals surface area contributed by atoms with Crippen molar-refractivity contribution < 1.29 is 23.9 Å². The van der Waals surface area contributed by atoms with E-state index in [0.717, 1.165) is 0 Å². The average Bonchev–Trinajstić information content (AvgIpc) is 3.12. The number of imidazole rings is 1. The molecule has 2 aromatic rings. The van der Waals surface area contributed by atoms with Crippen LogP contribution in [0.2, 0.25) is 0 Å². The molecule has 32 heavy (non-hydrogen) atoms. The molecule has 0 radical (unpaired) electrons. The predicted octanol–water partition coefficient (Wildman–Crippen LogP) is 1.24. The lowest BCUT2D eigenvalue weighted by atomic mass is 10.1. The van der Waals surface area contributed by atoms with Crippen molar-refractivity contribution in [3.05, 3.63) is 12.5 Å². The van der Waals surface area contributed by atoms with E-state index in [1.165, 1.54) is 13.1 Å². The molecule has 2 heterocycles. The van der Waals surface area contributed by atoms with E-state index < -0.39 is 12.0 Å². The zero-order valence-electron chi connectivity index (χ0n) is 18.8. The van der Waals surface area contributed by atoms with E-state index in [-0.39, 0.29) is 49.2 Å². The number of hydrogen-bond donors (Lipinski definition) is 2. The molecule has 0 aliphatic heterocycles. The van der Waals surface area contributed by atoms with Crippen molar-refractivity contribution in [1.82, 2.24) is 19.5 Å². The van der Waals surface area contributed by atoms with E-state index in [0.29, 0.717) is 37.0 Å². The van der Waals surface area contributed by atoms with Crippen LogP contribution < -0.4 is 11.5 Å². The molecule has 0 spiro atoms. The number of nitrogens with two attached hydrogens (primary N) is 2. The minimum Gasteiger partial charge on any atom is -0.466 e. The first kappa shape index (κ1) is 25.2. The van der Waals surface area contributed by atoms with Crippen LogP contribution in [-0.4, -0.2) is 56.5 Å². The zero-order chi connectivity index (χ0) is 23.7. The molecule has 11 heteroatoms. The van der Waals surface area contributed by atoms with Gasteiger partial charge in [0.1, 0.15) is 17.3 Å². The van der Waals surface area contributed by atoms with Crippen molar-refractivity contribution in [2.24, 2.45) is 17.6 Å². The number of esters is 2. The van der Waals surface area contributed by atoms with Crippen molar-refractivity contribution in [2.75, 3.05) is 18.9 Å². The van der Waals surface area contributed by atoms with E-state index >= 15 is 0 Å². The minimum atomic E-state index is -0.712. The number of carbonyl (C=O) groups excluding carboxylic acids is 3. The first-order valence-corrected chi connectivity index (χ1v) is 10.7. The Labute approximate surface area is 186 Å². The molecule has 176 valence electrons. The SMILES string of the molecule is CC(=O)CCCC(=O)OCC[C@@H](COC(=O)[C@@H](N)C(C)C)Cn1cnc2cnc(N)nc21. The van der Waals surface area contributed by atoms with Gasteiger partial charge < -0.3 is 30.3 Å². The Morgan fingerprint density at radius 2 is 1.91 bits per heavy atom. The largest absolute Gasteiger partial charge is 0.466 e. The van der Waals surface area contributed by atoms with E-state index in [1.807, 2.05) is 13.8 Å². The number of carbonyl (C=O) groups is 3. The summed E-state index contributed by atoms with van der Waals surface area (Å²) >= 11 is 0. The van der Waals surface area contributed by atoms with Crippen molar-refractivity contribution in [3.8, 4) is 0 Å². The molecule has 0 saturated carbocycles. The Kier molecular flexibility index (Phi) is 9.51. The third kappa shape index (κ3) is 7.88. The molecule has 11 nitrogen and oxygen atoms in total. The highest BCUT2D eigenvalue weighted by Crippen LogP contribution is 2.16. The molecule has 0 bridgehead atoms.